The first-order valence-electron chi connectivity index (χ1n) is 9.68. The number of aromatic nitrogens is 2. The summed E-state index contributed by atoms with van der Waals surface area (Å²) in [6.07, 6.45) is -1.74. The Morgan fingerprint density at radius 1 is 0.735 bits per heavy atom. The van der Waals surface area contributed by atoms with Gasteiger partial charge >= 0.3 is 27.1 Å². The van der Waals surface area contributed by atoms with Crippen LogP contribution >= 0.6 is 15.2 Å². The van der Waals surface area contributed by atoms with E-state index in [0.29, 0.717) is 0 Å². The van der Waals surface area contributed by atoms with Crippen LogP contribution < -0.4 is 10.6 Å². The van der Waals surface area contributed by atoms with E-state index in [1.807, 2.05) is 0 Å². The van der Waals surface area contributed by atoms with Gasteiger partial charge in [0, 0.05) is 36.3 Å². The summed E-state index contributed by atoms with van der Waals surface area (Å²) in [4.78, 5) is 67.7. The first-order chi connectivity index (χ1) is 15.7. The normalized spacial score (nSPS) is 13.9. The van der Waals surface area contributed by atoms with Crippen molar-refractivity contribution >= 4 is 27.1 Å². The Morgan fingerprint density at radius 3 is 1.38 bits per heavy atom. The number of carboxylic acid groups (broad SMARTS) is 2. The molecule has 0 fully saturated rings. The summed E-state index contributed by atoms with van der Waals surface area (Å²) in [5, 5.41) is 23.6. The quantitative estimate of drug-likeness (QED) is 0.161. The van der Waals surface area contributed by atoms with Crippen molar-refractivity contribution in [2.75, 3.05) is 12.6 Å². The van der Waals surface area contributed by atoms with Crippen LogP contribution in [0.25, 0.3) is 0 Å². The standard InChI is InChI=1S/C18H24N4O10P2/c23-17(24)13-5-1-3-11(21-13)7-15(19-9-33(27,28)29)16(20-10-34(30,31)32)8-12-4-2-6-14(22-12)18(25)26/h1-6,15-16,19-20H,7-10H2,(H,23,24)(H,25,26)(H2,27,28,29)(H2,30,31,32). The lowest BCUT2D eigenvalue weighted by Crippen LogP contribution is -2.51. The molecule has 2 unspecified atom stereocenters. The minimum Gasteiger partial charge on any atom is -0.477 e. The fourth-order valence-electron chi connectivity index (χ4n) is 3.06. The lowest BCUT2D eigenvalue weighted by molar-refractivity contribution is 0.0679. The molecule has 0 aliphatic rings. The Labute approximate surface area is 193 Å². The lowest BCUT2D eigenvalue weighted by Gasteiger charge is -2.29. The first kappa shape index (κ1) is 27.7. The Bertz CT molecular complexity index is 1030. The summed E-state index contributed by atoms with van der Waals surface area (Å²) in [6, 6.07) is 6.51. The van der Waals surface area contributed by atoms with E-state index in [0.717, 1.165) is 0 Å². The van der Waals surface area contributed by atoms with Gasteiger partial charge in [0.2, 0.25) is 0 Å². The zero-order chi connectivity index (χ0) is 25.5. The van der Waals surface area contributed by atoms with E-state index in [-0.39, 0.29) is 35.6 Å². The molecule has 0 aliphatic heterocycles. The van der Waals surface area contributed by atoms with E-state index in [1.54, 1.807) is 0 Å². The Hall–Kier alpha value is -2.54. The number of carbonyl (C=O) groups is 2. The molecule has 16 heteroatoms. The molecule has 2 rings (SSSR count). The zero-order valence-corrected chi connectivity index (χ0v) is 19.3. The van der Waals surface area contributed by atoms with Gasteiger partial charge in [0.05, 0.1) is 12.6 Å². The smallest absolute Gasteiger partial charge is 0.354 e. The minimum atomic E-state index is -4.54. The third-order valence-corrected chi connectivity index (χ3v) is 5.70. The van der Waals surface area contributed by atoms with Crippen LogP contribution in [-0.2, 0) is 22.0 Å². The molecule has 2 atom stereocenters. The van der Waals surface area contributed by atoms with E-state index in [2.05, 4.69) is 20.6 Å². The van der Waals surface area contributed by atoms with Crippen LogP contribution in [0.15, 0.2) is 36.4 Å². The molecule has 2 heterocycles. The highest BCUT2D eigenvalue weighted by Gasteiger charge is 2.28. The molecule has 34 heavy (non-hydrogen) atoms. The van der Waals surface area contributed by atoms with E-state index in [1.165, 1.54) is 36.4 Å². The first-order valence-corrected chi connectivity index (χ1v) is 13.3. The number of hydrogen-bond donors (Lipinski definition) is 8. The Morgan fingerprint density at radius 2 is 1.09 bits per heavy atom. The fourth-order valence-corrected chi connectivity index (χ4v) is 4.01. The molecule has 2 aromatic rings. The summed E-state index contributed by atoms with van der Waals surface area (Å²) in [7, 11) is -9.09. The van der Waals surface area contributed by atoms with Crippen LogP contribution in [0.3, 0.4) is 0 Å². The second kappa shape index (κ2) is 11.7. The van der Waals surface area contributed by atoms with Crippen molar-refractivity contribution in [2.24, 2.45) is 0 Å². The van der Waals surface area contributed by atoms with E-state index in [9.17, 15) is 38.3 Å². The van der Waals surface area contributed by atoms with Gasteiger partial charge in [-0.15, -0.1) is 0 Å². The van der Waals surface area contributed by atoms with E-state index in [4.69, 9.17) is 10.2 Å². The third kappa shape index (κ3) is 9.75. The zero-order valence-electron chi connectivity index (χ0n) is 17.6. The predicted molar refractivity (Wildman–Crippen MR) is 117 cm³/mol. The fraction of sp³-hybridized carbons (Fsp3) is 0.333. The maximum Gasteiger partial charge on any atom is 0.354 e. The second-order valence-corrected chi connectivity index (χ2v) is 10.6. The average molecular weight is 518 g/mol. The van der Waals surface area contributed by atoms with Gasteiger partial charge in [-0.2, -0.15) is 0 Å². The van der Waals surface area contributed by atoms with Crippen molar-refractivity contribution < 1.29 is 48.5 Å². The highest BCUT2D eigenvalue weighted by Crippen LogP contribution is 2.34. The number of nitrogens with zero attached hydrogens (tertiary/aromatic N) is 2. The van der Waals surface area contributed by atoms with Gasteiger partial charge in [-0.3, -0.25) is 9.13 Å². The predicted octanol–water partition coefficient (Wildman–Crippen LogP) is -0.155. The highest BCUT2D eigenvalue weighted by molar-refractivity contribution is 7.51. The maximum absolute atomic E-state index is 11.5. The van der Waals surface area contributed by atoms with E-state index >= 15 is 0 Å². The van der Waals surface area contributed by atoms with E-state index < -0.39 is 51.8 Å². The summed E-state index contributed by atoms with van der Waals surface area (Å²) in [5.74, 6) is -2.57. The van der Waals surface area contributed by atoms with Crippen LogP contribution in [-0.4, -0.2) is 76.3 Å². The van der Waals surface area contributed by atoms with Crippen LogP contribution in [0.1, 0.15) is 32.4 Å². The number of aromatic carboxylic acids is 2. The van der Waals surface area contributed by atoms with Crippen molar-refractivity contribution in [3.63, 3.8) is 0 Å². The van der Waals surface area contributed by atoms with Crippen molar-refractivity contribution in [3.8, 4) is 0 Å². The number of hydrogen-bond acceptors (Lipinski definition) is 8. The van der Waals surface area contributed by atoms with Crippen molar-refractivity contribution in [1.29, 1.82) is 0 Å². The van der Waals surface area contributed by atoms with Gasteiger partial charge < -0.3 is 40.4 Å². The Kier molecular flexibility index (Phi) is 9.56. The maximum atomic E-state index is 11.5. The molecule has 0 bridgehead atoms. The van der Waals surface area contributed by atoms with Gasteiger partial charge in [0.15, 0.2) is 0 Å². The number of pyridine rings is 2. The summed E-state index contributed by atoms with van der Waals surface area (Å²) in [5.41, 5.74) is -0.0553. The summed E-state index contributed by atoms with van der Waals surface area (Å²) >= 11 is 0. The van der Waals surface area contributed by atoms with Crippen LogP contribution in [0.4, 0.5) is 0 Å². The molecule has 0 saturated heterocycles. The molecule has 0 radical (unpaired) electrons. The molecular weight excluding hydrogens is 494 g/mol. The molecule has 0 amide bonds. The van der Waals surface area contributed by atoms with Gasteiger partial charge in [-0.1, -0.05) is 12.1 Å². The molecular formula is C18H24N4O10P2. The lowest BCUT2D eigenvalue weighted by atomic mass is 9.97. The van der Waals surface area contributed by atoms with Gasteiger partial charge in [0.25, 0.3) is 0 Å². The highest BCUT2D eigenvalue weighted by atomic mass is 31.2. The molecule has 2 aromatic heterocycles. The molecule has 186 valence electrons. The topological polar surface area (TPSA) is 240 Å². The summed E-state index contributed by atoms with van der Waals surface area (Å²) < 4.78 is 22.9. The monoisotopic (exact) mass is 518 g/mol. The largest absolute Gasteiger partial charge is 0.477 e. The average Bonchev–Trinajstić information content (AvgIpc) is 2.73. The van der Waals surface area contributed by atoms with Crippen LogP contribution in [0.2, 0.25) is 0 Å². The van der Waals surface area contributed by atoms with Crippen LogP contribution in [0.5, 0.6) is 0 Å². The van der Waals surface area contributed by atoms with Crippen LogP contribution in [0, 0.1) is 0 Å². The van der Waals surface area contributed by atoms with Gasteiger partial charge in [-0.25, -0.2) is 19.6 Å². The molecule has 0 aromatic carbocycles. The Balaban J connectivity index is 2.41. The summed E-state index contributed by atoms with van der Waals surface area (Å²) in [6.45, 7) is 0. The number of carboxylic acids is 2. The van der Waals surface area contributed by atoms with Crippen molar-refractivity contribution in [1.82, 2.24) is 20.6 Å². The molecule has 14 nitrogen and oxygen atoms in total. The van der Waals surface area contributed by atoms with Gasteiger partial charge in [0.1, 0.15) is 11.4 Å². The minimum absolute atomic E-state index is 0.0848. The molecule has 0 saturated carbocycles. The second-order valence-electron chi connectivity index (χ2n) is 7.31. The number of nitrogens with one attached hydrogen (secondary N) is 2. The SMILES string of the molecule is O=C(O)c1cccc(CC(NCP(=O)(O)O)C(Cc2cccc(C(=O)O)n2)NCP(=O)(O)O)n1. The molecule has 0 aliphatic carbocycles. The molecule has 0 spiro atoms. The van der Waals surface area contributed by atoms with Crippen molar-refractivity contribution in [2.45, 2.75) is 24.9 Å². The van der Waals surface area contributed by atoms with Crippen molar-refractivity contribution in [3.05, 3.63) is 59.2 Å². The molecule has 8 N–H and O–H groups in total. The third-order valence-electron chi connectivity index (χ3n) is 4.51. The van der Waals surface area contributed by atoms with Gasteiger partial charge in [-0.05, 0) is 24.3 Å². The number of rotatable bonds is 13.